The molecule has 1 nitrogen and oxygen atoms in total. The first-order valence-electron chi connectivity index (χ1n) is 5.44. The van der Waals surface area contributed by atoms with Gasteiger partial charge in [0.1, 0.15) is 0 Å². The van der Waals surface area contributed by atoms with Gasteiger partial charge in [0.25, 0.3) is 0 Å². The van der Waals surface area contributed by atoms with Gasteiger partial charge in [-0.05, 0) is 48.7 Å². The molecule has 0 fully saturated rings. The molecule has 0 saturated carbocycles. The predicted octanol–water partition coefficient (Wildman–Crippen LogP) is 5.07. The number of rotatable bonds is 1. The molecule has 2 heterocycles. The molecule has 0 aliphatic carbocycles. The third kappa shape index (κ3) is 2.05. The van der Waals surface area contributed by atoms with Crippen LogP contribution in [0.1, 0.15) is 22.0 Å². The Bertz CT molecular complexity index is 577. The van der Waals surface area contributed by atoms with Crippen molar-refractivity contribution in [3.63, 3.8) is 0 Å². The topological polar surface area (TPSA) is 12.0 Å². The average molecular weight is 284 g/mol. The summed E-state index contributed by atoms with van der Waals surface area (Å²) in [6.45, 7) is 2.08. The maximum atomic E-state index is 6.08. The minimum Gasteiger partial charge on any atom is -0.377 e. The van der Waals surface area contributed by atoms with Crippen LogP contribution in [0.15, 0.2) is 24.3 Å². The Morgan fingerprint density at radius 3 is 2.82 bits per heavy atom. The van der Waals surface area contributed by atoms with Crippen LogP contribution in [-0.4, -0.2) is 0 Å². The van der Waals surface area contributed by atoms with Crippen LogP contribution in [0, 0.1) is 6.92 Å². The zero-order valence-electron chi connectivity index (χ0n) is 9.26. The predicted molar refractivity (Wildman–Crippen MR) is 75.6 cm³/mol. The zero-order chi connectivity index (χ0) is 12.0. The standard InChI is InChI=1S/C13H11Cl2NS/c1-7-4-9(14)5-8-6-10(16-13(7)8)11-2-3-12(15)17-11/h2-5,10,16H,6H2,1H3. The molecular weight excluding hydrogens is 273 g/mol. The molecule has 1 aromatic carbocycles. The zero-order valence-corrected chi connectivity index (χ0v) is 11.6. The lowest BCUT2D eigenvalue weighted by Crippen LogP contribution is -2.03. The van der Waals surface area contributed by atoms with E-state index in [0.29, 0.717) is 6.04 Å². The molecule has 17 heavy (non-hydrogen) atoms. The maximum absolute atomic E-state index is 6.08. The van der Waals surface area contributed by atoms with Gasteiger partial charge in [0.05, 0.1) is 10.4 Å². The summed E-state index contributed by atoms with van der Waals surface area (Å²) in [6, 6.07) is 8.42. The van der Waals surface area contributed by atoms with Gasteiger partial charge in [-0.2, -0.15) is 0 Å². The first-order chi connectivity index (χ1) is 8.13. The Hall–Kier alpha value is -0.700. The lowest BCUT2D eigenvalue weighted by molar-refractivity contribution is 0.843. The first kappa shape index (κ1) is 11.4. The fraction of sp³-hybridized carbons (Fsp3) is 0.231. The van der Waals surface area contributed by atoms with E-state index in [9.17, 15) is 0 Å². The summed E-state index contributed by atoms with van der Waals surface area (Å²) in [4.78, 5) is 1.28. The highest BCUT2D eigenvalue weighted by atomic mass is 35.5. The van der Waals surface area contributed by atoms with Crippen LogP contribution in [0.5, 0.6) is 0 Å². The fourth-order valence-corrected chi connectivity index (χ4v) is 3.72. The first-order valence-corrected chi connectivity index (χ1v) is 7.01. The van der Waals surface area contributed by atoms with E-state index in [1.807, 2.05) is 18.2 Å². The summed E-state index contributed by atoms with van der Waals surface area (Å²) in [5.74, 6) is 0. The number of thiophene rings is 1. The number of hydrogen-bond acceptors (Lipinski definition) is 2. The van der Waals surface area contributed by atoms with Crippen molar-refractivity contribution in [1.82, 2.24) is 0 Å². The average Bonchev–Trinajstić information content (AvgIpc) is 2.83. The van der Waals surface area contributed by atoms with Crippen LogP contribution in [0.4, 0.5) is 5.69 Å². The van der Waals surface area contributed by atoms with Crippen LogP contribution in [-0.2, 0) is 6.42 Å². The van der Waals surface area contributed by atoms with E-state index in [-0.39, 0.29) is 0 Å². The second-order valence-electron chi connectivity index (χ2n) is 4.30. The Balaban J connectivity index is 1.95. The minimum absolute atomic E-state index is 0.333. The smallest absolute Gasteiger partial charge is 0.0932 e. The molecule has 1 atom stereocenters. The van der Waals surface area contributed by atoms with Gasteiger partial charge in [0, 0.05) is 15.6 Å². The molecule has 0 amide bonds. The van der Waals surface area contributed by atoms with Crippen LogP contribution in [0.25, 0.3) is 0 Å². The summed E-state index contributed by atoms with van der Waals surface area (Å²) in [7, 11) is 0. The van der Waals surface area contributed by atoms with Crippen molar-refractivity contribution in [2.45, 2.75) is 19.4 Å². The number of benzene rings is 1. The Morgan fingerprint density at radius 1 is 1.29 bits per heavy atom. The van der Waals surface area contributed by atoms with E-state index < -0.39 is 0 Å². The SMILES string of the molecule is Cc1cc(Cl)cc2c1NC(c1ccc(Cl)s1)C2. The summed E-state index contributed by atoms with van der Waals surface area (Å²) in [5.41, 5.74) is 3.73. The molecule has 3 rings (SSSR count). The van der Waals surface area contributed by atoms with Gasteiger partial charge in [0.2, 0.25) is 0 Å². The highest BCUT2D eigenvalue weighted by Gasteiger charge is 2.24. The number of fused-ring (bicyclic) bond motifs is 1. The summed E-state index contributed by atoms with van der Waals surface area (Å²) in [5, 5.41) is 4.37. The summed E-state index contributed by atoms with van der Waals surface area (Å²) >= 11 is 13.7. The van der Waals surface area contributed by atoms with Crippen LogP contribution in [0.3, 0.4) is 0 Å². The second kappa shape index (κ2) is 4.20. The van der Waals surface area contributed by atoms with E-state index >= 15 is 0 Å². The van der Waals surface area contributed by atoms with Crippen molar-refractivity contribution in [3.05, 3.63) is 49.6 Å². The molecule has 1 aliphatic heterocycles. The third-order valence-corrected chi connectivity index (χ3v) is 4.63. The highest BCUT2D eigenvalue weighted by molar-refractivity contribution is 7.16. The van der Waals surface area contributed by atoms with Crippen molar-refractivity contribution in [3.8, 4) is 0 Å². The molecule has 0 radical (unpaired) electrons. The van der Waals surface area contributed by atoms with Crippen molar-refractivity contribution in [1.29, 1.82) is 0 Å². The number of hydrogen-bond donors (Lipinski definition) is 1. The second-order valence-corrected chi connectivity index (χ2v) is 6.48. The third-order valence-electron chi connectivity index (χ3n) is 3.06. The number of nitrogens with one attached hydrogen (secondary N) is 1. The van der Waals surface area contributed by atoms with E-state index in [1.165, 1.54) is 21.7 Å². The van der Waals surface area contributed by atoms with Gasteiger partial charge in [-0.15, -0.1) is 11.3 Å². The molecular formula is C13H11Cl2NS. The van der Waals surface area contributed by atoms with Gasteiger partial charge in [-0.3, -0.25) is 0 Å². The maximum Gasteiger partial charge on any atom is 0.0932 e. The van der Waals surface area contributed by atoms with Gasteiger partial charge in [0.15, 0.2) is 0 Å². The summed E-state index contributed by atoms with van der Waals surface area (Å²) in [6.07, 6.45) is 0.980. The van der Waals surface area contributed by atoms with Crippen LogP contribution in [0.2, 0.25) is 9.36 Å². The van der Waals surface area contributed by atoms with Gasteiger partial charge in [-0.25, -0.2) is 0 Å². The van der Waals surface area contributed by atoms with Crippen molar-refractivity contribution < 1.29 is 0 Å². The van der Waals surface area contributed by atoms with Crippen LogP contribution >= 0.6 is 34.5 Å². The van der Waals surface area contributed by atoms with E-state index in [0.717, 1.165) is 15.8 Å². The number of anilines is 1. The minimum atomic E-state index is 0.333. The molecule has 1 N–H and O–H groups in total. The Kier molecular flexibility index (Phi) is 2.81. The number of halogens is 2. The van der Waals surface area contributed by atoms with Gasteiger partial charge >= 0.3 is 0 Å². The van der Waals surface area contributed by atoms with E-state index in [4.69, 9.17) is 23.2 Å². The van der Waals surface area contributed by atoms with E-state index in [2.05, 4.69) is 18.3 Å². The largest absolute Gasteiger partial charge is 0.377 e. The van der Waals surface area contributed by atoms with Crippen molar-refractivity contribution >= 4 is 40.2 Å². The van der Waals surface area contributed by atoms with Crippen molar-refractivity contribution in [2.75, 3.05) is 5.32 Å². The molecule has 1 unspecified atom stereocenters. The Morgan fingerprint density at radius 2 is 2.12 bits per heavy atom. The van der Waals surface area contributed by atoms with Crippen LogP contribution < -0.4 is 5.32 Å². The fourth-order valence-electron chi connectivity index (χ4n) is 2.31. The quantitative estimate of drug-likeness (QED) is 0.770. The normalized spacial score (nSPS) is 17.9. The molecule has 0 saturated heterocycles. The molecule has 0 bridgehead atoms. The Labute approximate surface area is 114 Å². The number of aryl methyl sites for hydroxylation is 1. The van der Waals surface area contributed by atoms with E-state index in [1.54, 1.807) is 11.3 Å². The van der Waals surface area contributed by atoms with Crippen molar-refractivity contribution in [2.24, 2.45) is 0 Å². The highest BCUT2D eigenvalue weighted by Crippen LogP contribution is 2.40. The molecule has 4 heteroatoms. The monoisotopic (exact) mass is 283 g/mol. The molecule has 0 spiro atoms. The lowest BCUT2D eigenvalue weighted by atomic mass is 10.1. The van der Waals surface area contributed by atoms with Gasteiger partial charge < -0.3 is 5.32 Å². The lowest BCUT2D eigenvalue weighted by Gasteiger charge is -2.09. The molecule has 2 aromatic rings. The molecule has 1 aliphatic rings. The summed E-state index contributed by atoms with van der Waals surface area (Å²) < 4.78 is 0.840. The molecule has 88 valence electrons. The molecule has 1 aromatic heterocycles. The van der Waals surface area contributed by atoms with Gasteiger partial charge in [-0.1, -0.05) is 23.2 Å².